The van der Waals surface area contributed by atoms with Crippen LogP contribution in [0.3, 0.4) is 0 Å². The van der Waals surface area contributed by atoms with E-state index >= 15 is 0 Å². The van der Waals surface area contributed by atoms with Gasteiger partial charge in [-0.1, -0.05) is 18.3 Å². The number of rotatable bonds is 5. The number of aromatic nitrogens is 3. The van der Waals surface area contributed by atoms with E-state index in [0.717, 1.165) is 23.0 Å². The molecule has 0 saturated carbocycles. The zero-order chi connectivity index (χ0) is 14.5. The van der Waals surface area contributed by atoms with Crippen LogP contribution in [-0.2, 0) is 0 Å². The van der Waals surface area contributed by atoms with Gasteiger partial charge in [0.05, 0.1) is 0 Å². The molecule has 6 nitrogen and oxygen atoms in total. The van der Waals surface area contributed by atoms with Gasteiger partial charge in [0.25, 0.3) is 5.91 Å². The van der Waals surface area contributed by atoms with Crippen molar-refractivity contribution < 1.29 is 4.79 Å². The largest absolute Gasteiger partial charge is 0.360 e. The summed E-state index contributed by atoms with van der Waals surface area (Å²) in [6.07, 6.45) is 2.63. The van der Waals surface area contributed by atoms with E-state index < -0.39 is 0 Å². The Morgan fingerprint density at radius 3 is 2.95 bits per heavy atom. The van der Waals surface area contributed by atoms with E-state index in [1.807, 2.05) is 13.0 Å². The number of amides is 1. The van der Waals surface area contributed by atoms with Crippen molar-refractivity contribution in [3.63, 3.8) is 0 Å². The Labute approximate surface area is 129 Å². The molecule has 0 aliphatic heterocycles. The van der Waals surface area contributed by atoms with Crippen LogP contribution in [0.25, 0.3) is 0 Å². The van der Waals surface area contributed by atoms with E-state index in [2.05, 4.69) is 48.7 Å². The summed E-state index contributed by atoms with van der Waals surface area (Å²) in [7, 11) is 0. The zero-order valence-electron chi connectivity index (χ0n) is 11.1. The molecule has 0 unspecified atom stereocenters. The van der Waals surface area contributed by atoms with Crippen molar-refractivity contribution in [3.8, 4) is 0 Å². The molecule has 0 fully saturated rings. The molecule has 2 heterocycles. The number of carbonyl (C=O) groups is 1. The molecule has 0 atom stereocenters. The van der Waals surface area contributed by atoms with Crippen molar-refractivity contribution in [2.24, 2.45) is 0 Å². The Morgan fingerprint density at radius 2 is 2.25 bits per heavy atom. The van der Waals surface area contributed by atoms with Gasteiger partial charge in [0.2, 0.25) is 10.1 Å². The Morgan fingerprint density at radius 1 is 1.45 bits per heavy atom. The van der Waals surface area contributed by atoms with Crippen molar-refractivity contribution in [1.29, 1.82) is 0 Å². The lowest BCUT2D eigenvalue weighted by molar-refractivity contribution is 0.102. The van der Waals surface area contributed by atoms with Crippen LogP contribution >= 0.6 is 27.3 Å². The number of nitrogens with zero attached hydrogens (tertiary/aromatic N) is 3. The van der Waals surface area contributed by atoms with Gasteiger partial charge in [0.15, 0.2) is 0 Å². The second kappa shape index (κ2) is 6.76. The fourth-order valence-corrected chi connectivity index (χ4v) is 2.56. The summed E-state index contributed by atoms with van der Waals surface area (Å²) in [5.74, 6) is 0.224. The molecule has 2 aromatic heterocycles. The first-order valence-corrected chi connectivity index (χ1v) is 7.72. The molecule has 2 rings (SSSR count). The molecular formula is C12H14BrN5OS. The Bertz CT molecular complexity index is 616. The van der Waals surface area contributed by atoms with E-state index in [4.69, 9.17) is 0 Å². The molecule has 0 spiro atoms. The highest BCUT2D eigenvalue weighted by Gasteiger charge is 2.14. The standard InChI is InChI=1S/C12H14BrN5OS/c1-3-4-14-12-18-17-11(20-12)10(19)16-9-7(2)5-8(13)6-15-9/h5-6H,3-4H2,1-2H3,(H,14,18)(H,15,16,19). The highest BCUT2D eigenvalue weighted by Crippen LogP contribution is 2.19. The lowest BCUT2D eigenvalue weighted by Crippen LogP contribution is -2.13. The van der Waals surface area contributed by atoms with Crippen LogP contribution < -0.4 is 10.6 Å². The lowest BCUT2D eigenvalue weighted by atomic mass is 10.3. The molecule has 20 heavy (non-hydrogen) atoms. The number of hydrogen-bond donors (Lipinski definition) is 2. The number of carbonyl (C=O) groups excluding carboxylic acids is 1. The molecule has 0 aliphatic carbocycles. The summed E-state index contributed by atoms with van der Waals surface area (Å²) < 4.78 is 0.870. The van der Waals surface area contributed by atoms with E-state index in [9.17, 15) is 4.79 Å². The van der Waals surface area contributed by atoms with Gasteiger partial charge in [-0.25, -0.2) is 4.98 Å². The fraction of sp³-hybridized carbons (Fsp3) is 0.333. The molecule has 0 aliphatic rings. The average Bonchev–Trinajstić information content (AvgIpc) is 2.88. The second-order valence-electron chi connectivity index (χ2n) is 4.11. The van der Waals surface area contributed by atoms with Gasteiger partial charge in [-0.2, -0.15) is 0 Å². The highest BCUT2D eigenvalue weighted by atomic mass is 79.9. The third-order valence-electron chi connectivity index (χ3n) is 2.42. The van der Waals surface area contributed by atoms with Crippen molar-refractivity contribution in [2.75, 3.05) is 17.2 Å². The van der Waals surface area contributed by atoms with E-state index in [0.29, 0.717) is 16.0 Å². The first kappa shape index (κ1) is 14.9. The van der Waals surface area contributed by atoms with E-state index in [-0.39, 0.29) is 5.91 Å². The van der Waals surface area contributed by atoms with Gasteiger partial charge < -0.3 is 10.6 Å². The second-order valence-corrected chi connectivity index (χ2v) is 6.01. The van der Waals surface area contributed by atoms with Crippen LogP contribution in [0.4, 0.5) is 10.9 Å². The topological polar surface area (TPSA) is 79.8 Å². The van der Waals surface area contributed by atoms with Gasteiger partial charge in [-0.15, -0.1) is 10.2 Å². The molecular weight excluding hydrogens is 342 g/mol. The predicted octanol–water partition coefficient (Wildman–Crippen LogP) is 3.08. The number of aryl methyl sites for hydroxylation is 1. The Balaban J connectivity index is 2.06. The smallest absolute Gasteiger partial charge is 0.287 e. The number of hydrogen-bond acceptors (Lipinski definition) is 6. The summed E-state index contributed by atoms with van der Waals surface area (Å²) in [5, 5.41) is 14.6. The molecule has 2 N–H and O–H groups in total. The van der Waals surface area contributed by atoms with Gasteiger partial charge in [0.1, 0.15) is 5.82 Å². The monoisotopic (exact) mass is 355 g/mol. The molecule has 106 valence electrons. The number of anilines is 2. The van der Waals surface area contributed by atoms with Crippen molar-refractivity contribution in [3.05, 3.63) is 27.3 Å². The Hall–Kier alpha value is -1.54. The van der Waals surface area contributed by atoms with Crippen LogP contribution in [-0.4, -0.2) is 27.6 Å². The first-order chi connectivity index (χ1) is 9.60. The molecule has 0 bridgehead atoms. The van der Waals surface area contributed by atoms with Crippen LogP contribution in [0.15, 0.2) is 16.7 Å². The van der Waals surface area contributed by atoms with E-state index in [1.54, 1.807) is 6.20 Å². The van der Waals surface area contributed by atoms with Crippen molar-refractivity contribution >= 4 is 44.1 Å². The Kier molecular flexibility index (Phi) is 5.02. The maximum absolute atomic E-state index is 12.1. The number of pyridine rings is 1. The van der Waals surface area contributed by atoms with Gasteiger partial charge in [-0.05, 0) is 40.9 Å². The molecule has 0 radical (unpaired) electrons. The van der Waals surface area contributed by atoms with Gasteiger partial charge in [-0.3, -0.25) is 4.79 Å². The first-order valence-electron chi connectivity index (χ1n) is 6.11. The van der Waals surface area contributed by atoms with Crippen molar-refractivity contribution in [1.82, 2.24) is 15.2 Å². The highest BCUT2D eigenvalue weighted by molar-refractivity contribution is 9.10. The predicted molar refractivity (Wildman–Crippen MR) is 83.3 cm³/mol. The minimum atomic E-state index is -0.301. The van der Waals surface area contributed by atoms with Gasteiger partial charge in [0, 0.05) is 17.2 Å². The van der Waals surface area contributed by atoms with Crippen LogP contribution in [0.5, 0.6) is 0 Å². The van der Waals surface area contributed by atoms with Gasteiger partial charge >= 0.3 is 0 Å². The number of nitrogens with one attached hydrogen (secondary N) is 2. The van der Waals surface area contributed by atoms with E-state index in [1.165, 1.54) is 11.3 Å². The van der Waals surface area contributed by atoms with Crippen LogP contribution in [0.2, 0.25) is 0 Å². The molecule has 8 heteroatoms. The molecule has 0 aromatic carbocycles. The summed E-state index contributed by atoms with van der Waals surface area (Å²) in [6, 6.07) is 1.89. The van der Waals surface area contributed by atoms with Crippen LogP contribution in [0.1, 0.15) is 28.7 Å². The van der Waals surface area contributed by atoms with Crippen molar-refractivity contribution in [2.45, 2.75) is 20.3 Å². The maximum Gasteiger partial charge on any atom is 0.287 e. The maximum atomic E-state index is 12.1. The lowest BCUT2D eigenvalue weighted by Gasteiger charge is -2.05. The zero-order valence-corrected chi connectivity index (χ0v) is 13.5. The molecule has 2 aromatic rings. The van der Waals surface area contributed by atoms with Crippen LogP contribution in [0, 0.1) is 6.92 Å². The minimum Gasteiger partial charge on any atom is -0.360 e. The number of halogens is 1. The normalized spacial score (nSPS) is 10.3. The SMILES string of the molecule is CCCNc1nnc(C(=O)Nc2ncc(Br)cc2C)s1. The third-order valence-corrected chi connectivity index (χ3v) is 3.74. The summed E-state index contributed by atoms with van der Waals surface area (Å²) in [6.45, 7) is 4.75. The quantitative estimate of drug-likeness (QED) is 0.861. The summed E-state index contributed by atoms with van der Waals surface area (Å²) in [4.78, 5) is 16.2. The summed E-state index contributed by atoms with van der Waals surface area (Å²) >= 11 is 4.56. The average molecular weight is 356 g/mol. The molecule has 0 saturated heterocycles. The third kappa shape index (κ3) is 3.73. The molecule has 1 amide bonds. The summed E-state index contributed by atoms with van der Waals surface area (Å²) in [5.41, 5.74) is 0.876. The minimum absolute atomic E-state index is 0.301. The fourth-order valence-electron chi connectivity index (χ4n) is 1.45.